The Morgan fingerprint density at radius 1 is 1.08 bits per heavy atom. The second kappa shape index (κ2) is 8.87. The van der Waals surface area contributed by atoms with Crippen molar-refractivity contribution in [2.24, 2.45) is 17.3 Å². The highest BCUT2D eigenvalue weighted by Crippen LogP contribution is 2.68. The smallest absolute Gasteiger partial charge is 0.185 e. The van der Waals surface area contributed by atoms with Crippen molar-refractivity contribution in [2.45, 2.75) is 101 Å². The molecule has 0 amide bonds. The van der Waals surface area contributed by atoms with E-state index < -0.39 is 25.3 Å². The van der Waals surface area contributed by atoms with Crippen molar-refractivity contribution >= 4 is 30.9 Å². The number of rotatable bonds is 3. The lowest BCUT2D eigenvalue weighted by Gasteiger charge is -2.57. The summed E-state index contributed by atoms with van der Waals surface area (Å²) in [5.41, 5.74) is 2.18. The van der Waals surface area contributed by atoms with Crippen molar-refractivity contribution in [1.82, 2.24) is 0 Å². The highest BCUT2D eigenvalue weighted by atomic mass is 127. The Balaban J connectivity index is 1.48. The molecule has 5 aliphatic rings. The fourth-order valence-electron chi connectivity index (χ4n) is 8.89. The van der Waals surface area contributed by atoms with Gasteiger partial charge in [0.1, 0.15) is 5.60 Å². The molecule has 1 unspecified atom stereocenters. The van der Waals surface area contributed by atoms with E-state index >= 15 is 0 Å². The third-order valence-electron chi connectivity index (χ3n) is 10.3. The van der Waals surface area contributed by atoms with Crippen molar-refractivity contribution in [3.05, 3.63) is 44.5 Å². The zero-order chi connectivity index (χ0) is 26.3. The fourth-order valence-corrected chi connectivity index (χ4v) is 10.7. The second-order valence-electron chi connectivity index (χ2n) is 13.4. The normalized spacial score (nSPS) is 40.7. The van der Waals surface area contributed by atoms with E-state index in [9.17, 15) is 10.4 Å². The van der Waals surface area contributed by atoms with Crippen molar-refractivity contribution in [2.75, 3.05) is 13.2 Å². The first-order valence-corrected chi connectivity index (χ1v) is 18.5. The monoisotopic (exact) mass is 633 g/mol. The van der Waals surface area contributed by atoms with Gasteiger partial charge in [-0.25, -0.2) is 0 Å². The summed E-state index contributed by atoms with van der Waals surface area (Å²) in [6, 6.07) is 11.7. The van der Waals surface area contributed by atoms with Gasteiger partial charge in [0.25, 0.3) is 0 Å². The molecule has 1 saturated heterocycles. The SMILES string of the molecule is C[C@]12CC(c3ccc(I)cc3)C3=C4CCC5(C[C@]4(O)CC[C@H]3[C@@H]1CC[C@@]2(C#N)O[Si](C)(C)C)OCCO5. The number of allylic oxidation sites excluding steroid dienone is 1. The molecule has 6 rings (SSSR count). The van der Waals surface area contributed by atoms with E-state index in [1.807, 2.05) is 0 Å². The van der Waals surface area contributed by atoms with E-state index in [1.54, 1.807) is 0 Å². The van der Waals surface area contributed by atoms with Crippen LogP contribution in [0.1, 0.15) is 69.8 Å². The van der Waals surface area contributed by atoms with Crippen LogP contribution in [0.2, 0.25) is 19.6 Å². The van der Waals surface area contributed by atoms with Crippen LogP contribution in [0.4, 0.5) is 0 Å². The molecule has 4 fully saturated rings. The van der Waals surface area contributed by atoms with Crippen molar-refractivity contribution < 1.29 is 19.0 Å². The summed E-state index contributed by atoms with van der Waals surface area (Å²) in [4.78, 5) is 0. The number of hydrogen-bond acceptors (Lipinski definition) is 5. The zero-order valence-electron chi connectivity index (χ0n) is 22.6. The van der Waals surface area contributed by atoms with E-state index in [-0.39, 0.29) is 11.3 Å². The van der Waals surface area contributed by atoms with E-state index in [4.69, 9.17) is 13.9 Å². The van der Waals surface area contributed by atoms with Gasteiger partial charge in [-0.3, -0.25) is 0 Å². The number of nitrogens with zero attached hydrogens (tertiary/aromatic N) is 1. The number of hydrogen-bond donors (Lipinski definition) is 1. The molecular weight excluding hydrogens is 593 g/mol. The minimum absolute atomic E-state index is 0.181. The van der Waals surface area contributed by atoms with Crippen LogP contribution in [0, 0.1) is 32.2 Å². The predicted molar refractivity (Wildman–Crippen MR) is 153 cm³/mol. The topological polar surface area (TPSA) is 71.7 Å². The Hall–Kier alpha value is -0.763. The van der Waals surface area contributed by atoms with Gasteiger partial charge in [-0.1, -0.05) is 24.6 Å². The van der Waals surface area contributed by atoms with Gasteiger partial charge >= 0.3 is 0 Å². The van der Waals surface area contributed by atoms with Crippen LogP contribution in [0.5, 0.6) is 0 Å². The van der Waals surface area contributed by atoms with E-state index in [0.29, 0.717) is 31.5 Å². The Morgan fingerprint density at radius 2 is 1.78 bits per heavy atom. The molecule has 6 atom stereocenters. The number of fused-ring (bicyclic) bond motifs is 4. The van der Waals surface area contributed by atoms with Crippen LogP contribution >= 0.6 is 22.6 Å². The van der Waals surface area contributed by atoms with Crippen LogP contribution in [-0.2, 0) is 13.9 Å². The quantitative estimate of drug-likeness (QED) is 0.229. The van der Waals surface area contributed by atoms with Gasteiger partial charge in [0.2, 0.25) is 0 Å². The predicted octanol–water partition coefficient (Wildman–Crippen LogP) is 6.67. The van der Waals surface area contributed by atoms with Crippen LogP contribution < -0.4 is 0 Å². The molecule has 0 aromatic heterocycles. The van der Waals surface area contributed by atoms with E-state index in [2.05, 4.69) is 79.5 Å². The number of halogens is 1. The van der Waals surface area contributed by atoms with Gasteiger partial charge in [0, 0.05) is 27.7 Å². The molecular formula is C30H40INO4Si. The summed E-state index contributed by atoms with van der Waals surface area (Å²) >= 11 is 2.37. The molecule has 1 spiro atoms. The molecule has 1 aromatic carbocycles. The summed E-state index contributed by atoms with van der Waals surface area (Å²) in [7, 11) is -1.95. The standard InChI is InChI=1S/C30H40INO4Si/c1-27-17-23(20-5-7-21(31)8-6-20)26-22(24(27)10-13-29(27,19-32)36-37(2,3)4)9-12-28(33)18-30(14-11-25(26)28)34-15-16-35-30/h5-8,22-24,33H,9-18H2,1-4H3/t22-,23?,24-,27-,28+,29-/m0/s1. The highest BCUT2D eigenvalue weighted by Gasteiger charge is 2.66. The number of ether oxygens (including phenoxy) is 2. The summed E-state index contributed by atoms with van der Waals surface area (Å²) in [5.74, 6) is 0.325. The van der Waals surface area contributed by atoms with Crippen LogP contribution in [0.25, 0.3) is 0 Å². The van der Waals surface area contributed by atoms with E-state index in [0.717, 1.165) is 44.9 Å². The molecule has 200 valence electrons. The molecule has 4 aliphatic carbocycles. The molecule has 5 nitrogen and oxygen atoms in total. The molecule has 1 N–H and O–H groups in total. The van der Waals surface area contributed by atoms with Gasteiger partial charge in [-0.2, -0.15) is 5.26 Å². The molecule has 7 heteroatoms. The molecule has 3 saturated carbocycles. The third kappa shape index (κ3) is 4.12. The average molecular weight is 634 g/mol. The van der Waals surface area contributed by atoms with Crippen LogP contribution in [-0.4, -0.2) is 43.6 Å². The molecule has 0 bridgehead atoms. The van der Waals surface area contributed by atoms with Gasteiger partial charge in [0.15, 0.2) is 14.1 Å². The molecule has 1 aromatic rings. The minimum Gasteiger partial charge on any atom is -0.399 e. The lowest BCUT2D eigenvalue weighted by Crippen LogP contribution is -2.57. The van der Waals surface area contributed by atoms with Crippen molar-refractivity contribution in [1.29, 1.82) is 5.26 Å². The zero-order valence-corrected chi connectivity index (χ0v) is 25.8. The van der Waals surface area contributed by atoms with Crippen LogP contribution in [0.3, 0.4) is 0 Å². The largest absolute Gasteiger partial charge is 0.399 e. The first kappa shape index (κ1) is 26.5. The van der Waals surface area contributed by atoms with Gasteiger partial charge in [-0.05, 0) is 116 Å². The lowest BCUT2D eigenvalue weighted by atomic mass is 9.50. The van der Waals surface area contributed by atoms with E-state index in [1.165, 1.54) is 20.3 Å². The lowest BCUT2D eigenvalue weighted by molar-refractivity contribution is -0.208. The van der Waals surface area contributed by atoms with Crippen LogP contribution in [0.15, 0.2) is 35.4 Å². The summed E-state index contributed by atoms with van der Waals surface area (Å²) < 4.78 is 20.2. The maximum Gasteiger partial charge on any atom is 0.185 e. The fraction of sp³-hybridized carbons (Fsp3) is 0.700. The molecule has 1 heterocycles. The first-order chi connectivity index (χ1) is 17.4. The molecule has 0 radical (unpaired) electrons. The Labute approximate surface area is 236 Å². The van der Waals surface area contributed by atoms with Crippen molar-refractivity contribution in [3.8, 4) is 6.07 Å². The third-order valence-corrected chi connectivity index (χ3v) is 12.0. The number of benzene rings is 1. The van der Waals surface area contributed by atoms with Gasteiger partial charge < -0.3 is 19.0 Å². The molecule has 1 aliphatic heterocycles. The highest BCUT2D eigenvalue weighted by molar-refractivity contribution is 14.1. The second-order valence-corrected chi connectivity index (χ2v) is 19.1. The number of nitriles is 1. The van der Waals surface area contributed by atoms with Gasteiger partial charge in [0.05, 0.1) is 24.9 Å². The molecule has 37 heavy (non-hydrogen) atoms. The van der Waals surface area contributed by atoms with Gasteiger partial charge in [-0.15, -0.1) is 0 Å². The number of aliphatic hydroxyl groups is 1. The minimum atomic E-state index is -1.95. The Bertz CT molecular complexity index is 1150. The average Bonchev–Trinajstić information content (AvgIpc) is 3.39. The Morgan fingerprint density at radius 3 is 2.43 bits per heavy atom. The first-order valence-electron chi connectivity index (χ1n) is 14.0. The van der Waals surface area contributed by atoms with Crippen molar-refractivity contribution in [3.63, 3.8) is 0 Å². The summed E-state index contributed by atoms with van der Waals surface area (Å²) in [6.45, 7) is 10.2. The maximum absolute atomic E-state index is 12.2. The summed E-state index contributed by atoms with van der Waals surface area (Å²) in [6.07, 6.45) is 6.57. The Kier molecular flexibility index (Phi) is 6.34. The maximum atomic E-state index is 12.2. The summed E-state index contributed by atoms with van der Waals surface area (Å²) in [5, 5.41) is 22.9.